The Morgan fingerprint density at radius 2 is 1.30 bits per heavy atom. The van der Waals surface area contributed by atoms with E-state index < -0.39 is 0 Å². The average molecular weight is 326 g/mol. The zero-order valence-corrected chi connectivity index (χ0v) is 14.5. The minimum atomic E-state index is 0. The predicted molar refractivity (Wildman–Crippen MR) is 81.4 cm³/mol. The van der Waals surface area contributed by atoms with Crippen molar-refractivity contribution in [2.75, 3.05) is 0 Å². The molecular weight excluding hydrogens is 296 g/mol. The van der Waals surface area contributed by atoms with Gasteiger partial charge in [0, 0.05) is 81.4 Å². The minimum absolute atomic E-state index is 0. The molecule has 0 aromatic rings. The Bertz CT molecular complexity index is 274. The van der Waals surface area contributed by atoms with Crippen LogP contribution in [0.5, 0.6) is 0 Å². The van der Waals surface area contributed by atoms with Crippen LogP contribution in [0.15, 0.2) is 12.2 Å². The van der Waals surface area contributed by atoms with Gasteiger partial charge >= 0.3 is 0 Å². The molecular formula is C18H30Ar2. The smallest absolute Gasteiger partial charge is 0.0202 e. The standard InChI is InChI=1S/C9H16.C9H14.2Ar/c2*1-2-6-9-7-4-3-5-8-9;;/h2,6,9H,3-5,7-8H2,1H3;9H,3-5,7-8H2,1H3;;. The first-order chi connectivity index (χ1) is 8.86. The van der Waals surface area contributed by atoms with E-state index in [1.165, 1.54) is 64.2 Å². The van der Waals surface area contributed by atoms with Gasteiger partial charge in [0.25, 0.3) is 0 Å². The van der Waals surface area contributed by atoms with Gasteiger partial charge in [0.1, 0.15) is 0 Å². The maximum absolute atomic E-state index is 3.23. The third-order valence-electron chi connectivity index (χ3n) is 4.07. The Morgan fingerprint density at radius 3 is 1.75 bits per heavy atom. The van der Waals surface area contributed by atoms with Gasteiger partial charge in [-0.05, 0) is 45.4 Å². The fourth-order valence-electron chi connectivity index (χ4n) is 3.05. The summed E-state index contributed by atoms with van der Waals surface area (Å²) in [6, 6.07) is 0. The summed E-state index contributed by atoms with van der Waals surface area (Å²) in [4.78, 5) is 0. The molecule has 0 spiro atoms. The molecule has 2 saturated carbocycles. The molecule has 0 aromatic heterocycles. The topological polar surface area (TPSA) is 0 Å². The van der Waals surface area contributed by atoms with Crippen LogP contribution in [0, 0.1) is 99.2 Å². The number of rotatable bonds is 1. The van der Waals surface area contributed by atoms with Crippen LogP contribution < -0.4 is 0 Å². The average Bonchev–Trinajstić information content (AvgIpc) is 2.43. The largest absolute Gasteiger partial charge is 0.106 e. The van der Waals surface area contributed by atoms with Gasteiger partial charge in [0.2, 0.25) is 0 Å². The third kappa shape index (κ3) is 12.4. The van der Waals surface area contributed by atoms with E-state index in [4.69, 9.17) is 0 Å². The van der Waals surface area contributed by atoms with Crippen LogP contribution in [0.25, 0.3) is 0 Å². The number of hydrogen-bond donors (Lipinski definition) is 0. The second kappa shape index (κ2) is 17.2. The van der Waals surface area contributed by atoms with E-state index in [1.54, 1.807) is 0 Å². The molecule has 0 unspecified atom stereocenters. The first kappa shape index (κ1) is 24.1. The van der Waals surface area contributed by atoms with Gasteiger partial charge in [-0.1, -0.05) is 50.7 Å². The van der Waals surface area contributed by atoms with Gasteiger partial charge in [0.05, 0.1) is 0 Å². The van der Waals surface area contributed by atoms with Crippen molar-refractivity contribution >= 4 is 0 Å². The summed E-state index contributed by atoms with van der Waals surface area (Å²) >= 11 is 0. The summed E-state index contributed by atoms with van der Waals surface area (Å²) < 4.78 is 0. The van der Waals surface area contributed by atoms with Crippen molar-refractivity contribution in [3.05, 3.63) is 12.2 Å². The Balaban J connectivity index is 0. The van der Waals surface area contributed by atoms with Crippen LogP contribution in [-0.4, -0.2) is 0 Å². The van der Waals surface area contributed by atoms with Crippen LogP contribution in [0.4, 0.5) is 0 Å². The van der Waals surface area contributed by atoms with Crippen molar-refractivity contribution < 1.29 is 75.5 Å². The Labute approximate surface area is 186 Å². The van der Waals surface area contributed by atoms with Crippen molar-refractivity contribution in [3.63, 3.8) is 0 Å². The summed E-state index contributed by atoms with van der Waals surface area (Å²) in [5.74, 6) is 7.88. The minimum Gasteiger partial charge on any atom is -0.106 e. The molecule has 2 heteroatoms. The molecule has 118 valence electrons. The second-order valence-corrected chi connectivity index (χ2v) is 5.65. The van der Waals surface area contributed by atoms with E-state index in [9.17, 15) is 0 Å². The van der Waals surface area contributed by atoms with E-state index in [0.717, 1.165) is 11.8 Å². The molecule has 2 rings (SSSR count). The van der Waals surface area contributed by atoms with Gasteiger partial charge in [-0.3, -0.25) is 0 Å². The van der Waals surface area contributed by atoms with E-state index in [-0.39, 0.29) is 75.5 Å². The molecule has 0 nitrogen and oxygen atoms in total. The van der Waals surface area contributed by atoms with E-state index >= 15 is 0 Å². The first-order valence-electron chi connectivity index (χ1n) is 7.92. The Kier molecular flexibility index (Phi) is 20.7. The Hall–Kier alpha value is 1.82. The van der Waals surface area contributed by atoms with Crippen LogP contribution in [0.3, 0.4) is 0 Å². The fourth-order valence-corrected chi connectivity index (χ4v) is 3.05. The quantitative estimate of drug-likeness (QED) is 0.426. The van der Waals surface area contributed by atoms with E-state index in [0.29, 0.717) is 0 Å². The van der Waals surface area contributed by atoms with Crippen LogP contribution in [-0.2, 0) is 0 Å². The van der Waals surface area contributed by atoms with Gasteiger partial charge < -0.3 is 0 Å². The van der Waals surface area contributed by atoms with Crippen LogP contribution in [0.2, 0.25) is 0 Å². The summed E-state index contributed by atoms with van der Waals surface area (Å²) in [5.41, 5.74) is 0. The molecule has 0 aliphatic heterocycles. The second-order valence-electron chi connectivity index (χ2n) is 5.65. The van der Waals surface area contributed by atoms with Crippen LogP contribution >= 0.6 is 0 Å². The van der Waals surface area contributed by atoms with Gasteiger partial charge in [-0.25, -0.2) is 0 Å². The third-order valence-corrected chi connectivity index (χ3v) is 4.07. The van der Waals surface area contributed by atoms with Gasteiger partial charge in [-0.15, -0.1) is 11.8 Å². The summed E-state index contributed by atoms with van der Waals surface area (Å²) in [6.45, 7) is 4.06. The zero-order chi connectivity index (χ0) is 13.1. The van der Waals surface area contributed by atoms with Crippen molar-refractivity contribution in [1.82, 2.24) is 0 Å². The van der Waals surface area contributed by atoms with Crippen molar-refractivity contribution in [1.29, 1.82) is 0 Å². The van der Waals surface area contributed by atoms with Crippen molar-refractivity contribution in [2.24, 2.45) is 11.8 Å². The van der Waals surface area contributed by atoms with Crippen LogP contribution in [0.1, 0.15) is 78.1 Å². The van der Waals surface area contributed by atoms with Crippen molar-refractivity contribution in [3.8, 4) is 11.8 Å². The predicted octanol–water partition coefficient (Wildman–Crippen LogP) is 5.73. The molecule has 2 aliphatic rings. The van der Waals surface area contributed by atoms with Gasteiger partial charge in [0.15, 0.2) is 0 Å². The van der Waals surface area contributed by atoms with E-state index in [1.807, 2.05) is 6.92 Å². The first-order valence-corrected chi connectivity index (χ1v) is 7.92. The van der Waals surface area contributed by atoms with E-state index in [2.05, 4.69) is 30.9 Å². The molecule has 2 aliphatic carbocycles. The molecule has 2 fully saturated rings. The normalized spacial score (nSPS) is 19.7. The monoisotopic (exact) mass is 326 g/mol. The summed E-state index contributed by atoms with van der Waals surface area (Å²) in [6.07, 6.45) is 18.7. The summed E-state index contributed by atoms with van der Waals surface area (Å²) in [7, 11) is 0. The number of allylic oxidation sites excluding steroid dienone is 2. The molecule has 0 N–H and O–H groups in total. The molecule has 0 bridgehead atoms. The molecule has 20 heavy (non-hydrogen) atoms. The molecule has 0 atom stereocenters. The number of hydrogen-bond acceptors (Lipinski definition) is 0. The molecule has 0 radical (unpaired) electrons. The molecule has 0 amide bonds. The molecule has 0 saturated heterocycles. The SMILES string of the molecule is CC#CC1CCCCC1.CC=CC1CCCCC1.[Ar].[Ar]. The maximum Gasteiger partial charge on any atom is 0.0202 e. The summed E-state index contributed by atoms with van der Waals surface area (Å²) in [5, 5.41) is 0. The molecule has 0 aromatic carbocycles. The zero-order valence-electron chi connectivity index (χ0n) is 13.1. The van der Waals surface area contributed by atoms with Crippen molar-refractivity contribution in [2.45, 2.75) is 78.1 Å². The maximum atomic E-state index is 3.23. The fraction of sp³-hybridized carbons (Fsp3) is 0.778. The molecule has 0 heterocycles. The Morgan fingerprint density at radius 1 is 0.800 bits per heavy atom. The van der Waals surface area contributed by atoms with Gasteiger partial charge in [-0.2, -0.15) is 0 Å².